The molecule has 2 N–H and O–H groups in total. The zero-order chi connectivity index (χ0) is 13.3. The molecule has 0 radical (unpaired) electrons. The minimum atomic E-state index is 0.683. The van der Waals surface area contributed by atoms with Crippen molar-refractivity contribution in [2.24, 2.45) is 0 Å². The highest BCUT2D eigenvalue weighted by atomic mass is 15.1. The van der Waals surface area contributed by atoms with Crippen LogP contribution in [0.2, 0.25) is 0 Å². The van der Waals surface area contributed by atoms with E-state index >= 15 is 0 Å². The van der Waals surface area contributed by atoms with Crippen LogP contribution in [-0.4, -0.2) is 9.55 Å². The van der Waals surface area contributed by atoms with E-state index in [9.17, 15) is 0 Å². The smallest absolute Gasteiger partial charge is 0.131 e. The Bertz CT molecular complexity index is 594. The zero-order valence-electron chi connectivity index (χ0n) is 11.2. The van der Waals surface area contributed by atoms with Crippen LogP contribution in [-0.2, 0) is 6.54 Å². The lowest BCUT2D eigenvalue weighted by Gasteiger charge is -2.09. The van der Waals surface area contributed by atoms with Crippen molar-refractivity contribution in [2.45, 2.75) is 27.3 Å². The first-order chi connectivity index (χ1) is 8.54. The molecule has 18 heavy (non-hydrogen) atoms. The third kappa shape index (κ3) is 2.04. The molecule has 1 heterocycles. The summed E-state index contributed by atoms with van der Waals surface area (Å²) >= 11 is 0. The molecule has 0 bridgehead atoms. The Morgan fingerprint density at radius 2 is 1.89 bits per heavy atom. The topological polar surface area (TPSA) is 43.8 Å². The third-order valence-corrected chi connectivity index (χ3v) is 3.30. The standard InChI is InChI=1S/C15H19N3/c1-5-6-18-9-17-14(15(18)16)13-8-11(3)10(2)7-12(13)4/h5,7-9H,1,6,16H2,2-4H3. The summed E-state index contributed by atoms with van der Waals surface area (Å²) in [6.45, 7) is 10.7. The Kier molecular flexibility index (Phi) is 3.24. The molecule has 0 aliphatic rings. The summed E-state index contributed by atoms with van der Waals surface area (Å²) in [6.07, 6.45) is 3.58. The van der Waals surface area contributed by atoms with Crippen LogP contribution in [0, 0.1) is 20.8 Å². The molecule has 1 aromatic heterocycles. The van der Waals surface area contributed by atoms with E-state index in [1.54, 1.807) is 6.33 Å². The summed E-state index contributed by atoms with van der Waals surface area (Å²) in [5.41, 5.74) is 11.9. The first-order valence-corrected chi connectivity index (χ1v) is 6.04. The van der Waals surface area contributed by atoms with Crippen LogP contribution in [0.3, 0.4) is 0 Å². The lowest BCUT2D eigenvalue weighted by Crippen LogP contribution is -2.01. The van der Waals surface area contributed by atoms with Gasteiger partial charge in [-0.1, -0.05) is 12.1 Å². The third-order valence-electron chi connectivity index (χ3n) is 3.30. The number of imidazole rings is 1. The molecule has 0 saturated heterocycles. The molecular weight excluding hydrogens is 222 g/mol. The van der Waals surface area contributed by atoms with E-state index in [2.05, 4.69) is 44.5 Å². The van der Waals surface area contributed by atoms with Gasteiger partial charge in [-0.25, -0.2) is 4.98 Å². The average molecular weight is 241 g/mol. The summed E-state index contributed by atoms with van der Waals surface area (Å²) in [6, 6.07) is 4.33. The molecule has 2 aromatic rings. The van der Waals surface area contributed by atoms with Gasteiger partial charge in [0.25, 0.3) is 0 Å². The lowest BCUT2D eigenvalue weighted by atomic mass is 9.99. The molecule has 0 aliphatic carbocycles. The fraction of sp³-hybridized carbons (Fsp3) is 0.267. The second kappa shape index (κ2) is 4.69. The van der Waals surface area contributed by atoms with Crippen LogP contribution in [0.15, 0.2) is 31.1 Å². The van der Waals surface area contributed by atoms with Crippen molar-refractivity contribution in [1.29, 1.82) is 0 Å². The van der Waals surface area contributed by atoms with E-state index in [0.717, 1.165) is 11.3 Å². The molecule has 0 spiro atoms. The Morgan fingerprint density at radius 1 is 1.22 bits per heavy atom. The fourth-order valence-corrected chi connectivity index (χ4v) is 2.10. The van der Waals surface area contributed by atoms with E-state index in [-0.39, 0.29) is 0 Å². The summed E-state index contributed by atoms with van der Waals surface area (Å²) < 4.78 is 1.90. The second-order valence-corrected chi connectivity index (χ2v) is 4.67. The highest BCUT2D eigenvalue weighted by Gasteiger charge is 2.12. The van der Waals surface area contributed by atoms with Gasteiger partial charge in [0.1, 0.15) is 11.5 Å². The zero-order valence-corrected chi connectivity index (χ0v) is 11.2. The molecule has 94 valence electrons. The fourth-order valence-electron chi connectivity index (χ4n) is 2.10. The minimum absolute atomic E-state index is 0.683. The van der Waals surface area contributed by atoms with Crippen LogP contribution < -0.4 is 5.73 Å². The molecule has 0 saturated carbocycles. The number of rotatable bonds is 3. The van der Waals surface area contributed by atoms with Crippen molar-refractivity contribution in [1.82, 2.24) is 9.55 Å². The van der Waals surface area contributed by atoms with Gasteiger partial charge in [0, 0.05) is 12.1 Å². The largest absolute Gasteiger partial charge is 0.383 e. The van der Waals surface area contributed by atoms with Gasteiger partial charge in [-0.15, -0.1) is 6.58 Å². The Balaban J connectivity index is 2.55. The first-order valence-electron chi connectivity index (χ1n) is 6.04. The summed E-state index contributed by atoms with van der Waals surface area (Å²) in [5, 5.41) is 0. The highest BCUT2D eigenvalue weighted by molar-refractivity contribution is 5.74. The van der Waals surface area contributed by atoms with Crippen molar-refractivity contribution in [2.75, 3.05) is 5.73 Å². The van der Waals surface area contributed by atoms with Crippen molar-refractivity contribution < 1.29 is 0 Å². The number of aryl methyl sites for hydroxylation is 3. The maximum Gasteiger partial charge on any atom is 0.131 e. The van der Waals surface area contributed by atoms with Crippen LogP contribution in [0.5, 0.6) is 0 Å². The Labute approximate surface area is 108 Å². The van der Waals surface area contributed by atoms with Crippen molar-refractivity contribution in [3.05, 3.63) is 47.8 Å². The summed E-state index contributed by atoms with van der Waals surface area (Å²) in [4.78, 5) is 4.43. The number of hydrogen-bond donors (Lipinski definition) is 1. The molecule has 2 rings (SSSR count). The van der Waals surface area contributed by atoms with Crippen LogP contribution >= 0.6 is 0 Å². The first kappa shape index (κ1) is 12.4. The van der Waals surface area contributed by atoms with Gasteiger partial charge >= 0.3 is 0 Å². The summed E-state index contributed by atoms with van der Waals surface area (Å²) in [5.74, 6) is 0.696. The van der Waals surface area contributed by atoms with Gasteiger partial charge in [-0.2, -0.15) is 0 Å². The van der Waals surface area contributed by atoms with Crippen LogP contribution in [0.25, 0.3) is 11.3 Å². The van der Waals surface area contributed by atoms with Crippen molar-refractivity contribution in [3.8, 4) is 11.3 Å². The molecule has 0 aliphatic heterocycles. The minimum Gasteiger partial charge on any atom is -0.383 e. The highest BCUT2D eigenvalue weighted by Crippen LogP contribution is 2.29. The number of benzene rings is 1. The van der Waals surface area contributed by atoms with Gasteiger partial charge < -0.3 is 10.3 Å². The van der Waals surface area contributed by atoms with E-state index in [1.807, 2.05) is 10.6 Å². The number of hydrogen-bond acceptors (Lipinski definition) is 2. The number of nitrogens with zero attached hydrogens (tertiary/aromatic N) is 2. The van der Waals surface area contributed by atoms with Gasteiger partial charge in [0.15, 0.2) is 0 Å². The lowest BCUT2D eigenvalue weighted by molar-refractivity contribution is 0.833. The molecule has 1 aromatic carbocycles. The predicted molar refractivity (Wildman–Crippen MR) is 76.5 cm³/mol. The monoisotopic (exact) mass is 241 g/mol. The van der Waals surface area contributed by atoms with Gasteiger partial charge in [0.2, 0.25) is 0 Å². The maximum absolute atomic E-state index is 6.13. The predicted octanol–water partition coefficient (Wildman–Crippen LogP) is 3.24. The quantitative estimate of drug-likeness (QED) is 0.838. The molecular formula is C15H19N3. The van der Waals surface area contributed by atoms with E-state index in [0.29, 0.717) is 12.4 Å². The Hall–Kier alpha value is -2.03. The van der Waals surface area contributed by atoms with Crippen molar-refractivity contribution >= 4 is 5.82 Å². The molecule has 3 nitrogen and oxygen atoms in total. The SMILES string of the molecule is C=CCn1cnc(-c2cc(C)c(C)cc2C)c1N. The average Bonchev–Trinajstić information content (AvgIpc) is 2.67. The van der Waals surface area contributed by atoms with E-state index in [1.165, 1.54) is 16.7 Å². The normalized spacial score (nSPS) is 10.6. The van der Waals surface area contributed by atoms with E-state index in [4.69, 9.17) is 5.73 Å². The Morgan fingerprint density at radius 3 is 2.56 bits per heavy atom. The van der Waals surface area contributed by atoms with Gasteiger partial charge in [-0.3, -0.25) is 0 Å². The number of allylic oxidation sites excluding steroid dienone is 1. The molecule has 0 fully saturated rings. The van der Waals surface area contributed by atoms with Crippen LogP contribution in [0.1, 0.15) is 16.7 Å². The van der Waals surface area contributed by atoms with Gasteiger partial charge in [-0.05, 0) is 43.5 Å². The van der Waals surface area contributed by atoms with E-state index < -0.39 is 0 Å². The summed E-state index contributed by atoms with van der Waals surface area (Å²) in [7, 11) is 0. The van der Waals surface area contributed by atoms with Crippen molar-refractivity contribution in [3.63, 3.8) is 0 Å². The molecule has 0 unspecified atom stereocenters. The van der Waals surface area contributed by atoms with Gasteiger partial charge in [0.05, 0.1) is 6.33 Å². The number of aromatic nitrogens is 2. The number of nitrogen functional groups attached to an aromatic ring is 1. The maximum atomic E-state index is 6.13. The number of anilines is 1. The second-order valence-electron chi connectivity index (χ2n) is 4.67. The number of nitrogens with two attached hydrogens (primary N) is 1. The molecule has 0 atom stereocenters. The van der Waals surface area contributed by atoms with Crippen LogP contribution in [0.4, 0.5) is 5.82 Å². The molecule has 0 amide bonds. The molecule has 3 heteroatoms.